The SMILES string of the molecule is Cc1cc(C(=O)c2cccc(Cl)c2)ccc1OCC(=O)NNC(=S)Nc1ccccc1Br. The predicted molar refractivity (Wildman–Crippen MR) is 133 cm³/mol. The van der Waals surface area contributed by atoms with Gasteiger partial charge in [0.15, 0.2) is 17.5 Å². The summed E-state index contributed by atoms with van der Waals surface area (Å²) in [6.45, 7) is 1.57. The highest BCUT2D eigenvalue weighted by atomic mass is 79.9. The molecule has 9 heteroatoms. The Morgan fingerprint density at radius 3 is 2.47 bits per heavy atom. The van der Waals surface area contributed by atoms with Crippen molar-refractivity contribution in [2.45, 2.75) is 6.92 Å². The van der Waals surface area contributed by atoms with E-state index in [-0.39, 0.29) is 17.5 Å². The fraction of sp³-hybridized carbons (Fsp3) is 0.0870. The zero-order valence-corrected chi connectivity index (χ0v) is 20.1. The predicted octanol–water partition coefficient (Wildman–Crippen LogP) is 5.04. The Labute approximate surface area is 204 Å². The van der Waals surface area contributed by atoms with Gasteiger partial charge in [-0.15, -0.1) is 0 Å². The lowest BCUT2D eigenvalue weighted by Gasteiger charge is -2.14. The first-order chi connectivity index (χ1) is 15.3. The lowest BCUT2D eigenvalue weighted by atomic mass is 10.0. The van der Waals surface area contributed by atoms with E-state index in [9.17, 15) is 9.59 Å². The Balaban J connectivity index is 1.51. The van der Waals surface area contributed by atoms with Gasteiger partial charge < -0.3 is 10.1 Å². The molecular weight excluding hydrogens is 514 g/mol. The third kappa shape index (κ3) is 6.53. The monoisotopic (exact) mass is 531 g/mol. The molecule has 32 heavy (non-hydrogen) atoms. The van der Waals surface area contributed by atoms with Crippen LogP contribution in [0, 0.1) is 6.92 Å². The number of nitrogens with one attached hydrogen (secondary N) is 3. The second-order valence-corrected chi connectivity index (χ2v) is 8.41. The number of thiocarbonyl (C=S) groups is 1. The molecule has 3 rings (SSSR count). The summed E-state index contributed by atoms with van der Waals surface area (Å²) in [7, 11) is 0. The van der Waals surface area contributed by atoms with Gasteiger partial charge in [-0.1, -0.05) is 35.9 Å². The van der Waals surface area contributed by atoms with Crippen LogP contribution in [0.4, 0.5) is 5.69 Å². The molecule has 0 spiro atoms. The zero-order valence-electron chi connectivity index (χ0n) is 16.9. The van der Waals surface area contributed by atoms with Gasteiger partial charge in [0.05, 0.1) is 5.69 Å². The number of amides is 1. The highest BCUT2D eigenvalue weighted by Crippen LogP contribution is 2.22. The van der Waals surface area contributed by atoms with Gasteiger partial charge in [-0.25, -0.2) is 0 Å². The molecule has 0 aromatic heterocycles. The lowest BCUT2D eigenvalue weighted by Crippen LogP contribution is -2.45. The molecule has 0 fully saturated rings. The average Bonchev–Trinajstić information content (AvgIpc) is 2.78. The number of ketones is 1. The summed E-state index contributed by atoms with van der Waals surface area (Å²) in [5.74, 6) is -0.0633. The number of ether oxygens (including phenoxy) is 1. The molecule has 0 saturated carbocycles. The van der Waals surface area contributed by atoms with E-state index in [1.165, 1.54) is 0 Å². The molecule has 0 aliphatic heterocycles. The maximum Gasteiger partial charge on any atom is 0.276 e. The van der Waals surface area contributed by atoms with Crippen LogP contribution in [-0.2, 0) is 4.79 Å². The number of halogens is 2. The first-order valence-electron chi connectivity index (χ1n) is 9.47. The highest BCUT2D eigenvalue weighted by Gasteiger charge is 2.12. The van der Waals surface area contributed by atoms with Gasteiger partial charge >= 0.3 is 0 Å². The van der Waals surface area contributed by atoms with Crippen LogP contribution < -0.4 is 20.9 Å². The molecule has 0 aliphatic rings. The van der Waals surface area contributed by atoms with Crippen molar-refractivity contribution in [2.75, 3.05) is 11.9 Å². The maximum absolute atomic E-state index is 12.6. The number of hydrogen-bond acceptors (Lipinski definition) is 4. The summed E-state index contributed by atoms with van der Waals surface area (Å²) >= 11 is 14.5. The molecule has 3 aromatic rings. The molecule has 0 unspecified atom stereocenters. The summed E-state index contributed by atoms with van der Waals surface area (Å²) in [5.41, 5.74) is 7.59. The van der Waals surface area contributed by atoms with Crippen molar-refractivity contribution in [3.05, 3.63) is 92.9 Å². The van der Waals surface area contributed by atoms with Crippen LogP contribution in [0.15, 0.2) is 71.2 Å². The standard InChI is InChI=1S/C23H19BrClN3O3S/c1-14-11-16(22(30)15-5-4-6-17(25)12-15)9-10-20(14)31-13-21(29)27-28-23(32)26-19-8-3-2-7-18(19)24/h2-12H,13H2,1H3,(H,27,29)(H2,26,28,32). The Bertz CT molecular complexity index is 1170. The largest absolute Gasteiger partial charge is 0.483 e. The average molecular weight is 533 g/mol. The molecule has 0 bridgehead atoms. The van der Waals surface area contributed by atoms with Crippen molar-refractivity contribution in [3.8, 4) is 5.75 Å². The van der Waals surface area contributed by atoms with Gasteiger partial charge in [0.2, 0.25) is 0 Å². The third-order valence-corrected chi connectivity index (χ3v) is 5.45. The first-order valence-corrected chi connectivity index (χ1v) is 11.1. The van der Waals surface area contributed by atoms with E-state index in [1.807, 2.05) is 24.3 Å². The summed E-state index contributed by atoms with van der Waals surface area (Å²) in [6, 6.07) is 19.2. The summed E-state index contributed by atoms with van der Waals surface area (Å²) in [5, 5.41) is 3.69. The van der Waals surface area contributed by atoms with E-state index < -0.39 is 5.91 Å². The number of carbonyl (C=O) groups is 2. The van der Waals surface area contributed by atoms with Crippen molar-refractivity contribution < 1.29 is 14.3 Å². The van der Waals surface area contributed by atoms with Gasteiger partial charge in [-0.2, -0.15) is 0 Å². The quantitative estimate of drug-likeness (QED) is 0.235. The summed E-state index contributed by atoms with van der Waals surface area (Å²) in [6.07, 6.45) is 0. The van der Waals surface area contributed by atoms with Gasteiger partial charge in [-0.3, -0.25) is 20.4 Å². The van der Waals surface area contributed by atoms with Crippen molar-refractivity contribution in [1.29, 1.82) is 0 Å². The van der Waals surface area contributed by atoms with Gasteiger partial charge in [0.1, 0.15) is 5.75 Å². The topological polar surface area (TPSA) is 79.5 Å². The van der Waals surface area contributed by atoms with Crippen molar-refractivity contribution in [3.63, 3.8) is 0 Å². The van der Waals surface area contributed by atoms with Crippen molar-refractivity contribution >= 4 is 62.2 Å². The van der Waals surface area contributed by atoms with Crippen LogP contribution in [0.2, 0.25) is 5.02 Å². The van der Waals surface area contributed by atoms with E-state index in [0.29, 0.717) is 21.9 Å². The van der Waals surface area contributed by atoms with E-state index >= 15 is 0 Å². The van der Waals surface area contributed by atoms with Gasteiger partial charge in [-0.05, 0) is 83.1 Å². The summed E-state index contributed by atoms with van der Waals surface area (Å²) in [4.78, 5) is 24.7. The minimum atomic E-state index is -0.417. The minimum absolute atomic E-state index is 0.143. The van der Waals surface area contributed by atoms with E-state index in [0.717, 1.165) is 15.7 Å². The summed E-state index contributed by atoms with van der Waals surface area (Å²) < 4.78 is 6.41. The molecule has 0 heterocycles. The van der Waals surface area contributed by atoms with Gasteiger partial charge in [0, 0.05) is 20.6 Å². The van der Waals surface area contributed by atoms with Crippen LogP contribution in [0.5, 0.6) is 5.75 Å². The number of anilines is 1. The fourth-order valence-corrected chi connectivity index (χ4v) is 3.51. The van der Waals surface area contributed by atoms with E-state index in [4.69, 9.17) is 28.6 Å². The fourth-order valence-electron chi connectivity index (χ4n) is 2.77. The number of rotatable bonds is 6. The van der Waals surface area contributed by atoms with E-state index in [2.05, 4.69) is 32.1 Å². The Morgan fingerprint density at radius 2 is 1.75 bits per heavy atom. The Morgan fingerprint density at radius 1 is 1.00 bits per heavy atom. The molecule has 6 nitrogen and oxygen atoms in total. The molecule has 0 aliphatic carbocycles. The molecule has 1 amide bonds. The third-order valence-electron chi connectivity index (χ3n) is 4.32. The number of hydrogen-bond donors (Lipinski definition) is 3. The minimum Gasteiger partial charge on any atom is -0.483 e. The van der Waals surface area contributed by atoms with Crippen molar-refractivity contribution in [1.82, 2.24) is 10.9 Å². The number of carbonyl (C=O) groups excluding carboxylic acids is 2. The Hall–Kier alpha value is -2.94. The van der Waals surface area contributed by atoms with Crippen LogP contribution in [0.1, 0.15) is 21.5 Å². The molecule has 3 N–H and O–H groups in total. The molecule has 0 atom stereocenters. The lowest BCUT2D eigenvalue weighted by molar-refractivity contribution is -0.123. The van der Waals surface area contributed by atoms with Crippen LogP contribution in [0.25, 0.3) is 0 Å². The molecule has 0 radical (unpaired) electrons. The number of para-hydroxylation sites is 1. The zero-order chi connectivity index (χ0) is 23.1. The van der Waals surface area contributed by atoms with Crippen LogP contribution in [-0.4, -0.2) is 23.4 Å². The second kappa shape index (κ2) is 11.1. The van der Waals surface area contributed by atoms with Crippen molar-refractivity contribution in [2.24, 2.45) is 0 Å². The maximum atomic E-state index is 12.6. The van der Waals surface area contributed by atoms with Crippen LogP contribution in [0.3, 0.4) is 0 Å². The second-order valence-electron chi connectivity index (χ2n) is 6.72. The highest BCUT2D eigenvalue weighted by molar-refractivity contribution is 9.10. The van der Waals surface area contributed by atoms with E-state index in [1.54, 1.807) is 49.4 Å². The first kappa shape index (κ1) is 23.7. The number of benzene rings is 3. The smallest absolute Gasteiger partial charge is 0.276 e. The molecule has 164 valence electrons. The van der Waals surface area contributed by atoms with Crippen LogP contribution >= 0.6 is 39.7 Å². The molecule has 3 aromatic carbocycles. The number of aryl methyl sites for hydroxylation is 1. The molecular formula is C23H19BrClN3O3S. The normalized spacial score (nSPS) is 10.2. The van der Waals surface area contributed by atoms with Gasteiger partial charge in [0.25, 0.3) is 5.91 Å². The molecule has 0 saturated heterocycles. The Kier molecular flexibility index (Phi) is 8.21. The number of hydrazine groups is 1.